The van der Waals surface area contributed by atoms with Crippen molar-refractivity contribution in [2.75, 3.05) is 0 Å². The number of fused-ring (bicyclic) bond motifs is 1. The number of nitrogens with one attached hydrogen (secondary N) is 1. The fourth-order valence-corrected chi connectivity index (χ4v) is 3.90. The van der Waals surface area contributed by atoms with E-state index in [1.165, 1.54) is 0 Å². The second kappa shape index (κ2) is 4.19. The first-order valence-electron chi connectivity index (χ1n) is 7.11. The number of rotatable bonds is 4. The fourth-order valence-electron chi connectivity index (χ4n) is 3.90. The quantitative estimate of drug-likeness (QED) is 0.626. The lowest BCUT2D eigenvalue weighted by Crippen LogP contribution is -2.53. The van der Waals surface area contributed by atoms with Crippen LogP contribution in [0.25, 0.3) is 0 Å². The fraction of sp³-hybridized carbons (Fsp3) is 0.750. The molecule has 0 radical (unpaired) electrons. The van der Waals surface area contributed by atoms with Crippen molar-refractivity contribution in [3.63, 3.8) is 0 Å². The predicted molar refractivity (Wildman–Crippen MR) is 75.5 cm³/mol. The van der Waals surface area contributed by atoms with E-state index in [-0.39, 0.29) is 17.4 Å². The van der Waals surface area contributed by atoms with Gasteiger partial charge in [0.25, 0.3) is 0 Å². The summed E-state index contributed by atoms with van der Waals surface area (Å²) in [5.74, 6) is 0.654. The average Bonchev–Trinajstić information content (AvgIpc) is 2.94. The SMILES string of the molecule is C=CCC1C[C@H]2C[C@@]2(C=O)C1(C)C(=O)NC(C)(C)C. The molecule has 2 saturated carbocycles. The Morgan fingerprint density at radius 3 is 2.58 bits per heavy atom. The van der Waals surface area contributed by atoms with Crippen molar-refractivity contribution >= 4 is 12.2 Å². The first-order valence-corrected chi connectivity index (χ1v) is 7.11. The summed E-state index contributed by atoms with van der Waals surface area (Å²) < 4.78 is 0. The van der Waals surface area contributed by atoms with E-state index >= 15 is 0 Å². The lowest BCUT2D eigenvalue weighted by atomic mass is 9.67. The summed E-state index contributed by atoms with van der Waals surface area (Å²) in [6.07, 6.45) is 5.57. The second-order valence-corrected chi connectivity index (χ2v) is 7.42. The molecule has 0 bridgehead atoms. The van der Waals surface area contributed by atoms with Crippen molar-refractivity contribution in [3.8, 4) is 0 Å². The van der Waals surface area contributed by atoms with Crippen LogP contribution in [0.3, 0.4) is 0 Å². The maximum Gasteiger partial charge on any atom is 0.227 e. The molecule has 0 aromatic rings. The molecule has 19 heavy (non-hydrogen) atoms. The molecule has 0 saturated heterocycles. The molecule has 0 aromatic carbocycles. The number of hydrogen-bond acceptors (Lipinski definition) is 2. The van der Waals surface area contributed by atoms with E-state index in [9.17, 15) is 9.59 Å². The van der Waals surface area contributed by atoms with Crippen molar-refractivity contribution in [2.24, 2.45) is 22.7 Å². The minimum atomic E-state index is -0.582. The number of aldehydes is 1. The van der Waals surface area contributed by atoms with Crippen LogP contribution in [-0.2, 0) is 9.59 Å². The van der Waals surface area contributed by atoms with Gasteiger partial charge in [0, 0.05) is 11.0 Å². The Labute approximate surface area is 115 Å². The lowest BCUT2D eigenvalue weighted by Gasteiger charge is -2.38. The molecule has 3 nitrogen and oxygen atoms in total. The van der Waals surface area contributed by atoms with Crippen molar-refractivity contribution in [3.05, 3.63) is 12.7 Å². The average molecular weight is 263 g/mol. The van der Waals surface area contributed by atoms with Crippen LogP contribution in [0.1, 0.15) is 47.0 Å². The van der Waals surface area contributed by atoms with Crippen molar-refractivity contribution in [1.29, 1.82) is 0 Å². The summed E-state index contributed by atoms with van der Waals surface area (Å²) in [5.41, 5.74) is -1.27. The highest BCUT2D eigenvalue weighted by atomic mass is 16.2. The van der Waals surface area contributed by atoms with Gasteiger partial charge in [0.05, 0.1) is 5.41 Å². The van der Waals surface area contributed by atoms with Crippen LogP contribution in [-0.4, -0.2) is 17.7 Å². The Bertz CT molecular complexity index is 423. The summed E-state index contributed by atoms with van der Waals surface area (Å²) in [6, 6.07) is 0. The van der Waals surface area contributed by atoms with Gasteiger partial charge < -0.3 is 10.1 Å². The van der Waals surface area contributed by atoms with E-state index in [1.54, 1.807) is 0 Å². The number of amides is 1. The van der Waals surface area contributed by atoms with Crippen molar-refractivity contribution in [2.45, 2.75) is 52.5 Å². The molecule has 106 valence electrons. The molecule has 3 heteroatoms. The highest BCUT2D eigenvalue weighted by molar-refractivity contribution is 5.90. The third-order valence-electron chi connectivity index (χ3n) is 5.13. The highest BCUT2D eigenvalue weighted by Gasteiger charge is 2.74. The van der Waals surface area contributed by atoms with Gasteiger partial charge in [-0.1, -0.05) is 6.08 Å². The first kappa shape index (κ1) is 14.3. The van der Waals surface area contributed by atoms with Gasteiger partial charge >= 0.3 is 0 Å². The molecule has 0 spiro atoms. The lowest BCUT2D eigenvalue weighted by molar-refractivity contribution is -0.141. The van der Waals surface area contributed by atoms with Crippen molar-refractivity contribution in [1.82, 2.24) is 5.32 Å². The minimum Gasteiger partial charge on any atom is -0.351 e. The Balaban J connectivity index is 2.32. The third kappa shape index (κ3) is 1.94. The smallest absolute Gasteiger partial charge is 0.227 e. The maximum atomic E-state index is 12.8. The standard InChI is InChI=1S/C16H25NO2/c1-6-7-11-8-12-9-16(12,10-18)15(11,5)13(19)17-14(2,3)4/h6,10-12H,1,7-9H2,2-5H3,(H,17,19)/t11?,12-,15?,16-/m0/s1. The van der Waals surface area contributed by atoms with Crippen LogP contribution in [0.5, 0.6) is 0 Å². The normalized spacial score (nSPS) is 40.4. The molecule has 0 aliphatic heterocycles. The summed E-state index contributed by atoms with van der Waals surface area (Å²) in [7, 11) is 0. The highest BCUT2D eigenvalue weighted by Crippen LogP contribution is 2.73. The zero-order valence-electron chi connectivity index (χ0n) is 12.5. The number of allylic oxidation sites excluding steroid dienone is 1. The van der Waals surface area contributed by atoms with Crippen LogP contribution in [0.2, 0.25) is 0 Å². The molecule has 2 rings (SSSR count). The summed E-state index contributed by atoms with van der Waals surface area (Å²) in [4.78, 5) is 24.4. The Kier molecular flexibility index (Phi) is 3.15. The number of carbonyl (C=O) groups is 2. The molecule has 2 fully saturated rings. The Hall–Kier alpha value is -1.12. The zero-order valence-corrected chi connectivity index (χ0v) is 12.5. The van der Waals surface area contributed by atoms with Gasteiger partial charge in [-0.25, -0.2) is 0 Å². The van der Waals surface area contributed by atoms with E-state index in [0.29, 0.717) is 5.92 Å². The minimum absolute atomic E-state index is 0.0268. The van der Waals surface area contributed by atoms with Gasteiger partial charge in [-0.15, -0.1) is 6.58 Å². The van der Waals surface area contributed by atoms with Gasteiger partial charge in [0.1, 0.15) is 6.29 Å². The van der Waals surface area contributed by atoms with Crippen LogP contribution < -0.4 is 5.32 Å². The summed E-state index contributed by atoms with van der Waals surface area (Å²) >= 11 is 0. The molecular formula is C16H25NO2. The van der Waals surface area contributed by atoms with Gasteiger partial charge in [-0.2, -0.15) is 0 Å². The van der Waals surface area contributed by atoms with E-state index in [2.05, 4.69) is 11.9 Å². The molecular weight excluding hydrogens is 238 g/mol. The summed E-state index contributed by atoms with van der Waals surface area (Å²) in [6.45, 7) is 11.7. The predicted octanol–water partition coefficient (Wildman–Crippen LogP) is 2.71. The molecule has 2 unspecified atom stereocenters. The molecule has 4 atom stereocenters. The topological polar surface area (TPSA) is 46.2 Å². The van der Waals surface area contributed by atoms with Gasteiger partial charge in [0.2, 0.25) is 5.91 Å². The Morgan fingerprint density at radius 1 is 1.47 bits per heavy atom. The van der Waals surface area contributed by atoms with E-state index < -0.39 is 10.8 Å². The maximum absolute atomic E-state index is 12.8. The van der Waals surface area contributed by atoms with Gasteiger partial charge in [0.15, 0.2) is 0 Å². The Morgan fingerprint density at radius 2 is 2.11 bits per heavy atom. The third-order valence-corrected chi connectivity index (χ3v) is 5.13. The van der Waals surface area contributed by atoms with E-state index in [0.717, 1.165) is 25.5 Å². The molecule has 1 amide bonds. The molecule has 2 aliphatic rings. The molecule has 1 N–H and O–H groups in total. The molecule has 2 aliphatic carbocycles. The second-order valence-electron chi connectivity index (χ2n) is 7.42. The molecule has 0 heterocycles. The monoisotopic (exact) mass is 263 g/mol. The number of hydrogen-bond donors (Lipinski definition) is 1. The number of carbonyl (C=O) groups excluding carboxylic acids is 2. The summed E-state index contributed by atoms with van der Waals surface area (Å²) in [5, 5.41) is 3.07. The van der Waals surface area contributed by atoms with Crippen molar-refractivity contribution < 1.29 is 9.59 Å². The first-order chi connectivity index (χ1) is 8.71. The van der Waals surface area contributed by atoms with Gasteiger partial charge in [-0.05, 0) is 58.8 Å². The van der Waals surface area contributed by atoms with Crippen LogP contribution in [0.4, 0.5) is 0 Å². The van der Waals surface area contributed by atoms with E-state index in [4.69, 9.17) is 0 Å². The van der Waals surface area contributed by atoms with Gasteiger partial charge in [-0.3, -0.25) is 4.79 Å². The van der Waals surface area contributed by atoms with E-state index in [1.807, 2.05) is 33.8 Å². The van der Waals surface area contributed by atoms with Crippen LogP contribution in [0, 0.1) is 22.7 Å². The van der Waals surface area contributed by atoms with Crippen LogP contribution >= 0.6 is 0 Å². The van der Waals surface area contributed by atoms with Crippen LogP contribution in [0.15, 0.2) is 12.7 Å². The largest absolute Gasteiger partial charge is 0.351 e. The molecule has 0 aromatic heterocycles. The zero-order chi connectivity index (χ0) is 14.5.